The summed E-state index contributed by atoms with van der Waals surface area (Å²) in [6.45, 7) is 5.73. The Morgan fingerprint density at radius 1 is 1.32 bits per heavy atom. The molecular weight excluding hydrogens is 307 g/mol. The summed E-state index contributed by atoms with van der Waals surface area (Å²) >= 11 is 0. The second kappa shape index (κ2) is 9.64. The van der Waals surface area contributed by atoms with Crippen LogP contribution in [0.1, 0.15) is 19.8 Å². The highest BCUT2D eigenvalue weighted by molar-refractivity contribution is 5.85. The third kappa shape index (κ3) is 5.81. The van der Waals surface area contributed by atoms with E-state index in [4.69, 9.17) is 4.74 Å². The molecule has 1 fully saturated rings. The quantitative estimate of drug-likeness (QED) is 0.871. The van der Waals surface area contributed by atoms with E-state index in [1.165, 1.54) is 24.3 Å². The Bertz CT molecular complexity index is 448. The van der Waals surface area contributed by atoms with Crippen LogP contribution >= 0.6 is 12.4 Å². The van der Waals surface area contributed by atoms with Gasteiger partial charge in [-0.1, -0.05) is 6.92 Å². The molecule has 0 aliphatic carbocycles. The number of nitrogens with one attached hydrogen (secondary N) is 1. The maximum atomic E-state index is 12.8. The van der Waals surface area contributed by atoms with Crippen molar-refractivity contribution in [1.82, 2.24) is 10.2 Å². The number of carbonyl (C=O) groups excluding carboxylic acids is 1. The third-order valence-corrected chi connectivity index (χ3v) is 3.83. The predicted octanol–water partition coefficient (Wildman–Crippen LogP) is 2.47. The summed E-state index contributed by atoms with van der Waals surface area (Å²) in [6.07, 6.45) is 2.07. The first kappa shape index (κ1) is 18.7. The normalized spacial score (nSPS) is 15.3. The lowest BCUT2D eigenvalue weighted by Crippen LogP contribution is -2.42. The zero-order valence-corrected chi connectivity index (χ0v) is 13.7. The molecule has 2 rings (SSSR count). The second-order valence-corrected chi connectivity index (χ2v) is 5.37. The van der Waals surface area contributed by atoms with Crippen LogP contribution in [0.15, 0.2) is 24.3 Å². The molecule has 0 saturated carbocycles. The van der Waals surface area contributed by atoms with Gasteiger partial charge in [-0.2, -0.15) is 0 Å². The number of hydrogen-bond acceptors (Lipinski definition) is 3. The molecular formula is C16H24ClFN2O2. The Hall–Kier alpha value is -1.33. The van der Waals surface area contributed by atoms with E-state index >= 15 is 0 Å². The van der Waals surface area contributed by atoms with Crippen LogP contribution in [0.25, 0.3) is 0 Å². The summed E-state index contributed by atoms with van der Waals surface area (Å²) in [6, 6.07) is 5.72. The molecule has 1 aromatic carbocycles. The average molecular weight is 331 g/mol. The van der Waals surface area contributed by atoms with Crippen LogP contribution < -0.4 is 10.1 Å². The minimum atomic E-state index is -0.309. The smallest absolute Gasteiger partial charge is 0.260 e. The highest BCUT2D eigenvalue weighted by Crippen LogP contribution is 2.17. The van der Waals surface area contributed by atoms with Gasteiger partial charge in [0.05, 0.1) is 0 Å². The molecule has 0 atom stereocenters. The predicted molar refractivity (Wildman–Crippen MR) is 87.0 cm³/mol. The van der Waals surface area contributed by atoms with Gasteiger partial charge < -0.3 is 15.0 Å². The Kier molecular flexibility index (Phi) is 8.20. The monoisotopic (exact) mass is 330 g/mol. The van der Waals surface area contributed by atoms with Gasteiger partial charge in [0.2, 0.25) is 0 Å². The van der Waals surface area contributed by atoms with E-state index in [1.54, 1.807) is 0 Å². The van der Waals surface area contributed by atoms with Gasteiger partial charge in [0.25, 0.3) is 5.91 Å². The average Bonchev–Trinajstić information content (AvgIpc) is 2.52. The van der Waals surface area contributed by atoms with Crippen LogP contribution in [0, 0.1) is 11.7 Å². The standard InChI is InChI=1S/C16H23FN2O2.ClH/c1-2-18-11-13-7-9-19(10-8-13)16(20)12-21-15-5-3-14(17)4-6-15;/h3-6,13,18H,2,7-12H2,1H3;1H. The summed E-state index contributed by atoms with van der Waals surface area (Å²) < 4.78 is 18.2. The number of halogens is 2. The van der Waals surface area contributed by atoms with Gasteiger partial charge in [-0.3, -0.25) is 4.79 Å². The summed E-state index contributed by atoms with van der Waals surface area (Å²) in [4.78, 5) is 13.9. The van der Waals surface area contributed by atoms with E-state index in [0.29, 0.717) is 11.7 Å². The fourth-order valence-electron chi connectivity index (χ4n) is 2.50. The Balaban J connectivity index is 0.00000242. The van der Waals surface area contributed by atoms with Crippen molar-refractivity contribution in [1.29, 1.82) is 0 Å². The molecule has 0 aromatic heterocycles. The SMILES string of the molecule is CCNCC1CCN(C(=O)COc2ccc(F)cc2)CC1.Cl. The van der Waals surface area contributed by atoms with E-state index in [9.17, 15) is 9.18 Å². The molecule has 0 spiro atoms. The number of ether oxygens (including phenoxy) is 1. The Labute approximate surface area is 137 Å². The van der Waals surface area contributed by atoms with Crippen LogP contribution in [0.2, 0.25) is 0 Å². The number of likely N-dealkylation sites (tertiary alicyclic amines) is 1. The highest BCUT2D eigenvalue weighted by Gasteiger charge is 2.22. The van der Waals surface area contributed by atoms with Crippen molar-refractivity contribution in [3.63, 3.8) is 0 Å². The van der Waals surface area contributed by atoms with Crippen LogP contribution in [0.5, 0.6) is 5.75 Å². The molecule has 1 amide bonds. The molecule has 1 N–H and O–H groups in total. The van der Waals surface area contributed by atoms with Crippen molar-refractivity contribution in [3.8, 4) is 5.75 Å². The first-order chi connectivity index (χ1) is 10.2. The van der Waals surface area contributed by atoms with Crippen molar-refractivity contribution in [2.45, 2.75) is 19.8 Å². The van der Waals surface area contributed by atoms with Crippen LogP contribution in [0.4, 0.5) is 4.39 Å². The van der Waals surface area contributed by atoms with Gasteiger partial charge in [-0.15, -0.1) is 12.4 Å². The van der Waals surface area contributed by atoms with Gasteiger partial charge in [0.1, 0.15) is 11.6 Å². The number of carbonyl (C=O) groups is 1. The number of amides is 1. The van der Waals surface area contributed by atoms with Gasteiger partial charge in [0, 0.05) is 13.1 Å². The molecule has 0 radical (unpaired) electrons. The number of piperidine rings is 1. The molecule has 0 unspecified atom stereocenters. The lowest BCUT2D eigenvalue weighted by molar-refractivity contribution is -0.134. The number of rotatable bonds is 6. The largest absolute Gasteiger partial charge is 0.484 e. The Morgan fingerprint density at radius 2 is 1.95 bits per heavy atom. The molecule has 0 bridgehead atoms. The van der Waals surface area contributed by atoms with Crippen molar-refractivity contribution < 1.29 is 13.9 Å². The fraction of sp³-hybridized carbons (Fsp3) is 0.562. The summed E-state index contributed by atoms with van der Waals surface area (Å²) in [5.41, 5.74) is 0. The number of nitrogens with zero attached hydrogens (tertiary/aromatic N) is 1. The van der Waals surface area contributed by atoms with E-state index in [1.807, 2.05) is 4.90 Å². The number of benzene rings is 1. The topological polar surface area (TPSA) is 41.6 Å². The van der Waals surface area contributed by atoms with Crippen LogP contribution in [-0.2, 0) is 4.79 Å². The molecule has 124 valence electrons. The number of hydrogen-bond donors (Lipinski definition) is 1. The highest BCUT2D eigenvalue weighted by atomic mass is 35.5. The van der Waals surface area contributed by atoms with Crippen molar-refractivity contribution in [3.05, 3.63) is 30.1 Å². The third-order valence-electron chi connectivity index (χ3n) is 3.83. The van der Waals surface area contributed by atoms with E-state index in [2.05, 4.69) is 12.2 Å². The molecule has 1 aromatic rings. The molecule has 6 heteroatoms. The molecule has 4 nitrogen and oxygen atoms in total. The van der Waals surface area contributed by atoms with E-state index in [0.717, 1.165) is 39.0 Å². The maximum absolute atomic E-state index is 12.8. The molecule has 1 aliphatic heterocycles. The molecule has 1 heterocycles. The van der Waals surface area contributed by atoms with Crippen molar-refractivity contribution in [2.24, 2.45) is 5.92 Å². The molecule has 1 aliphatic rings. The lowest BCUT2D eigenvalue weighted by Gasteiger charge is -2.32. The van der Waals surface area contributed by atoms with E-state index in [-0.39, 0.29) is 30.7 Å². The second-order valence-electron chi connectivity index (χ2n) is 5.37. The minimum absolute atomic E-state index is 0. The zero-order valence-electron chi connectivity index (χ0n) is 12.9. The van der Waals surface area contributed by atoms with Gasteiger partial charge in [-0.25, -0.2) is 4.39 Å². The van der Waals surface area contributed by atoms with Gasteiger partial charge in [0.15, 0.2) is 6.61 Å². The zero-order chi connectivity index (χ0) is 15.1. The van der Waals surface area contributed by atoms with Gasteiger partial charge >= 0.3 is 0 Å². The lowest BCUT2D eigenvalue weighted by atomic mass is 9.97. The molecule has 22 heavy (non-hydrogen) atoms. The first-order valence-electron chi connectivity index (χ1n) is 7.56. The molecule has 1 saturated heterocycles. The summed E-state index contributed by atoms with van der Waals surface area (Å²) in [5.74, 6) is 0.872. The minimum Gasteiger partial charge on any atom is -0.484 e. The van der Waals surface area contributed by atoms with Crippen LogP contribution in [-0.4, -0.2) is 43.6 Å². The van der Waals surface area contributed by atoms with E-state index < -0.39 is 0 Å². The maximum Gasteiger partial charge on any atom is 0.260 e. The summed E-state index contributed by atoms with van der Waals surface area (Å²) in [7, 11) is 0. The van der Waals surface area contributed by atoms with Crippen LogP contribution in [0.3, 0.4) is 0 Å². The first-order valence-corrected chi connectivity index (χ1v) is 7.56. The summed E-state index contributed by atoms with van der Waals surface area (Å²) in [5, 5.41) is 3.35. The Morgan fingerprint density at radius 3 is 2.55 bits per heavy atom. The van der Waals surface area contributed by atoms with Gasteiger partial charge in [-0.05, 0) is 56.1 Å². The van der Waals surface area contributed by atoms with Crippen molar-refractivity contribution >= 4 is 18.3 Å². The van der Waals surface area contributed by atoms with Crippen molar-refractivity contribution in [2.75, 3.05) is 32.8 Å². The fourth-order valence-corrected chi connectivity index (χ4v) is 2.50.